The molecule has 1 rings (SSSR count). The van der Waals surface area contributed by atoms with E-state index in [1.54, 1.807) is 0 Å². The molecule has 0 bridgehead atoms. The fourth-order valence-electron chi connectivity index (χ4n) is 1.59. The SMILES string of the molecule is CC[C@@]([NH-])(c1ccccc1F)C(F)(F)CO. The Morgan fingerprint density at radius 2 is 1.88 bits per heavy atom. The van der Waals surface area contributed by atoms with Crippen LogP contribution in [0, 0.1) is 5.82 Å². The minimum Gasteiger partial charge on any atom is -0.663 e. The summed E-state index contributed by atoms with van der Waals surface area (Å²) >= 11 is 0. The second-order valence-electron chi connectivity index (χ2n) is 3.60. The lowest BCUT2D eigenvalue weighted by atomic mass is 9.82. The highest BCUT2D eigenvalue weighted by Crippen LogP contribution is 2.43. The number of aliphatic hydroxyl groups is 1. The average Bonchev–Trinajstić information content (AvgIpc) is 2.28. The first kappa shape index (κ1) is 13.0. The molecule has 0 amide bonds. The lowest BCUT2D eigenvalue weighted by molar-refractivity contribution is -0.101. The molecular weight excluding hydrogens is 219 g/mol. The lowest BCUT2D eigenvalue weighted by Gasteiger charge is -2.44. The first-order valence-electron chi connectivity index (χ1n) is 4.87. The molecule has 1 atom stereocenters. The van der Waals surface area contributed by atoms with Crippen molar-refractivity contribution in [1.29, 1.82) is 0 Å². The molecule has 2 N–H and O–H groups in total. The molecule has 0 aliphatic heterocycles. The van der Waals surface area contributed by atoms with Crippen LogP contribution in [-0.2, 0) is 5.54 Å². The van der Waals surface area contributed by atoms with Gasteiger partial charge < -0.3 is 10.8 Å². The third kappa shape index (κ3) is 1.92. The average molecular weight is 232 g/mol. The molecule has 0 aliphatic carbocycles. The molecule has 0 fully saturated rings. The van der Waals surface area contributed by atoms with Gasteiger partial charge in [0.05, 0.1) is 0 Å². The summed E-state index contributed by atoms with van der Waals surface area (Å²) in [6, 6.07) is 4.94. The van der Waals surface area contributed by atoms with E-state index in [1.165, 1.54) is 19.1 Å². The van der Waals surface area contributed by atoms with Gasteiger partial charge in [0.25, 0.3) is 5.92 Å². The van der Waals surface area contributed by atoms with Crippen LogP contribution in [0.1, 0.15) is 18.9 Å². The number of aliphatic hydroxyl groups excluding tert-OH is 1. The van der Waals surface area contributed by atoms with E-state index in [2.05, 4.69) is 0 Å². The summed E-state index contributed by atoms with van der Waals surface area (Å²) in [4.78, 5) is 0. The van der Waals surface area contributed by atoms with Gasteiger partial charge in [-0.15, -0.1) is 0 Å². The van der Waals surface area contributed by atoms with Crippen molar-refractivity contribution in [2.24, 2.45) is 0 Å². The Morgan fingerprint density at radius 3 is 2.31 bits per heavy atom. The number of hydrogen-bond donors (Lipinski definition) is 1. The van der Waals surface area contributed by atoms with Crippen molar-refractivity contribution in [2.45, 2.75) is 24.8 Å². The van der Waals surface area contributed by atoms with Crippen molar-refractivity contribution in [1.82, 2.24) is 0 Å². The van der Waals surface area contributed by atoms with Crippen molar-refractivity contribution in [3.05, 3.63) is 41.4 Å². The fourth-order valence-corrected chi connectivity index (χ4v) is 1.59. The van der Waals surface area contributed by atoms with Gasteiger partial charge in [0.2, 0.25) is 0 Å². The zero-order valence-corrected chi connectivity index (χ0v) is 8.80. The number of alkyl halides is 2. The van der Waals surface area contributed by atoms with Crippen LogP contribution in [0.15, 0.2) is 24.3 Å². The zero-order valence-electron chi connectivity index (χ0n) is 8.80. The maximum absolute atomic E-state index is 13.5. The van der Waals surface area contributed by atoms with Gasteiger partial charge in [-0.3, -0.25) is 0 Å². The van der Waals surface area contributed by atoms with E-state index < -0.39 is 29.4 Å². The predicted molar refractivity (Wildman–Crippen MR) is 54.7 cm³/mol. The topological polar surface area (TPSA) is 44.0 Å². The van der Waals surface area contributed by atoms with Crippen LogP contribution in [0.4, 0.5) is 13.2 Å². The van der Waals surface area contributed by atoms with Crippen molar-refractivity contribution in [3.8, 4) is 0 Å². The highest BCUT2D eigenvalue weighted by atomic mass is 19.3. The smallest absolute Gasteiger partial charge is 0.261 e. The standard InChI is InChI=1S/C11H13F3NO/c1-2-10(15,11(13,14)7-16)8-5-3-4-6-9(8)12/h3-6,15-16H,2,7H2,1H3/q-1/t10-/m1/s1. The molecular formula is C11H13F3NO-. The van der Waals surface area contributed by atoms with Gasteiger partial charge in [-0.25, -0.2) is 13.2 Å². The Bertz CT molecular complexity index is 370. The van der Waals surface area contributed by atoms with Gasteiger partial charge in [-0.05, 0) is 17.2 Å². The fraction of sp³-hybridized carbons (Fsp3) is 0.455. The minimum absolute atomic E-state index is 0.290. The molecule has 2 nitrogen and oxygen atoms in total. The molecule has 1 aromatic carbocycles. The van der Waals surface area contributed by atoms with E-state index in [0.717, 1.165) is 12.1 Å². The van der Waals surface area contributed by atoms with Gasteiger partial charge in [0.15, 0.2) is 0 Å². The first-order chi connectivity index (χ1) is 7.39. The van der Waals surface area contributed by atoms with Gasteiger partial charge in [0.1, 0.15) is 12.4 Å². The van der Waals surface area contributed by atoms with E-state index in [1.807, 2.05) is 0 Å². The predicted octanol–water partition coefficient (Wildman–Crippen LogP) is 3.11. The maximum Gasteiger partial charge on any atom is 0.261 e. The Labute approximate surface area is 91.9 Å². The highest BCUT2D eigenvalue weighted by Gasteiger charge is 2.45. The number of halogens is 3. The third-order valence-corrected chi connectivity index (χ3v) is 2.69. The van der Waals surface area contributed by atoms with E-state index in [4.69, 9.17) is 10.8 Å². The molecule has 0 saturated heterocycles. The second kappa shape index (κ2) is 4.43. The molecule has 0 heterocycles. The highest BCUT2D eigenvalue weighted by molar-refractivity contribution is 5.32. The van der Waals surface area contributed by atoms with Crippen LogP contribution < -0.4 is 0 Å². The Balaban J connectivity index is 3.31. The normalized spacial score (nSPS) is 15.9. The van der Waals surface area contributed by atoms with E-state index in [0.29, 0.717) is 0 Å². The van der Waals surface area contributed by atoms with Crippen molar-refractivity contribution in [3.63, 3.8) is 0 Å². The molecule has 16 heavy (non-hydrogen) atoms. The molecule has 90 valence electrons. The van der Waals surface area contributed by atoms with E-state index in [9.17, 15) is 13.2 Å². The minimum atomic E-state index is -3.68. The summed E-state index contributed by atoms with van der Waals surface area (Å²) < 4.78 is 40.3. The number of nitrogens with one attached hydrogen (secondary N) is 1. The molecule has 0 radical (unpaired) electrons. The molecule has 0 spiro atoms. The summed E-state index contributed by atoms with van der Waals surface area (Å²) in [5.74, 6) is -4.53. The monoisotopic (exact) mass is 232 g/mol. The van der Waals surface area contributed by atoms with E-state index in [-0.39, 0.29) is 6.42 Å². The first-order valence-corrected chi connectivity index (χ1v) is 4.87. The summed E-state index contributed by atoms with van der Waals surface area (Å²) in [7, 11) is 0. The molecule has 0 saturated carbocycles. The number of hydrogen-bond acceptors (Lipinski definition) is 1. The van der Waals surface area contributed by atoms with Crippen LogP contribution >= 0.6 is 0 Å². The Morgan fingerprint density at radius 1 is 1.31 bits per heavy atom. The molecule has 0 unspecified atom stereocenters. The number of rotatable bonds is 4. The summed E-state index contributed by atoms with van der Waals surface area (Å²) in [5.41, 5.74) is 4.87. The van der Waals surface area contributed by atoms with Crippen LogP contribution in [0.5, 0.6) is 0 Å². The third-order valence-electron chi connectivity index (χ3n) is 2.69. The van der Waals surface area contributed by atoms with Crippen LogP contribution in [0.2, 0.25) is 0 Å². The van der Waals surface area contributed by atoms with Gasteiger partial charge in [-0.2, -0.15) is 0 Å². The maximum atomic E-state index is 13.5. The molecule has 0 aromatic heterocycles. The van der Waals surface area contributed by atoms with Gasteiger partial charge in [-0.1, -0.05) is 31.5 Å². The summed E-state index contributed by atoms with van der Waals surface area (Å²) in [6.45, 7) is -0.109. The van der Waals surface area contributed by atoms with Gasteiger partial charge >= 0.3 is 0 Å². The number of benzene rings is 1. The Hall–Kier alpha value is -1.07. The molecule has 0 aliphatic rings. The molecule has 5 heteroatoms. The lowest BCUT2D eigenvalue weighted by Crippen LogP contribution is -2.45. The van der Waals surface area contributed by atoms with Crippen molar-refractivity contribution in [2.75, 3.05) is 6.61 Å². The van der Waals surface area contributed by atoms with Crippen molar-refractivity contribution >= 4 is 0 Å². The van der Waals surface area contributed by atoms with E-state index >= 15 is 0 Å². The summed E-state index contributed by atoms with van der Waals surface area (Å²) in [5, 5.41) is 8.62. The van der Waals surface area contributed by atoms with Crippen LogP contribution in [0.3, 0.4) is 0 Å². The largest absolute Gasteiger partial charge is 0.663 e. The van der Waals surface area contributed by atoms with Crippen LogP contribution in [-0.4, -0.2) is 17.6 Å². The van der Waals surface area contributed by atoms with Crippen molar-refractivity contribution < 1.29 is 18.3 Å². The summed E-state index contributed by atoms with van der Waals surface area (Å²) in [6.07, 6.45) is -0.290. The van der Waals surface area contributed by atoms with Gasteiger partial charge in [0, 0.05) is 0 Å². The second-order valence-corrected chi connectivity index (χ2v) is 3.60. The Kier molecular flexibility index (Phi) is 3.60. The zero-order chi connectivity index (χ0) is 12.4. The molecule has 1 aromatic rings. The quantitative estimate of drug-likeness (QED) is 0.851. The van der Waals surface area contributed by atoms with Crippen LogP contribution in [0.25, 0.3) is 5.73 Å².